The number of ether oxygens (including phenoxy) is 1. The summed E-state index contributed by atoms with van der Waals surface area (Å²) in [6, 6.07) is 3.77. The molecule has 0 atom stereocenters. The molecule has 1 aromatic carbocycles. The van der Waals surface area contributed by atoms with Gasteiger partial charge in [-0.15, -0.1) is 0 Å². The van der Waals surface area contributed by atoms with Gasteiger partial charge in [-0.05, 0) is 25.0 Å². The monoisotopic (exact) mass is 280 g/mol. The van der Waals surface area contributed by atoms with Gasteiger partial charge in [-0.2, -0.15) is 4.98 Å². The average Bonchev–Trinajstić information content (AvgIpc) is 2.91. The van der Waals surface area contributed by atoms with Gasteiger partial charge in [0.1, 0.15) is 17.2 Å². The molecule has 0 aliphatic heterocycles. The minimum absolute atomic E-state index is 0.0702. The van der Waals surface area contributed by atoms with E-state index in [0.717, 1.165) is 6.07 Å². The summed E-state index contributed by atoms with van der Waals surface area (Å²) in [6.07, 6.45) is 1.36. The Balaban J connectivity index is 2.42. The molecule has 20 heavy (non-hydrogen) atoms. The van der Waals surface area contributed by atoms with E-state index in [1.165, 1.54) is 12.1 Å². The molecule has 2 aromatic rings. The van der Waals surface area contributed by atoms with E-state index >= 15 is 0 Å². The topological polar surface area (TPSA) is 68.4 Å². The summed E-state index contributed by atoms with van der Waals surface area (Å²) in [5.74, 6) is -0.302. The van der Waals surface area contributed by atoms with Crippen molar-refractivity contribution in [2.24, 2.45) is 0 Å². The second-order valence-electron chi connectivity index (χ2n) is 4.49. The Morgan fingerprint density at radius 1 is 1.35 bits per heavy atom. The Bertz CT molecular complexity index is 586. The molecule has 1 aromatic heterocycles. The lowest BCUT2D eigenvalue weighted by molar-refractivity contribution is -0.0306. The van der Waals surface area contributed by atoms with Crippen LogP contribution in [0.3, 0.4) is 0 Å². The molecule has 0 amide bonds. The molecule has 0 spiro atoms. The Morgan fingerprint density at radius 2 is 2.05 bits per heavy atom. The lowest BCUT2D eigenvalue weighted by Crippen LogP contribution is -2.28. The van der Waals surface area contributed by atoms with Gasteiger partial charge in [0.05, 0.1) is 5.56 Å². The number of hydrogen-bond donors (Lipinski definition) is 1. The number of phenols is 1. The molecule has 0 aliphatic carbocycles. The van der Waals surface area contributed by atoms with E-state index in [4.69, 9.17) is 9.26 Å². The number of phenolic OH excluding ortho intramolecular Hbond substituents is 1. The highest BCUT2D eigenvalue weighted by molar-refractivity contribution is 5.55. The molecular weight excluding hydrogens is 263 g/mol. The highest BCUT2D eigenvalue weighted by atomic mass is 19.1. The van der Waals surface area contributed by atoms with Crippen LogP contribution in [-0.2, 0) is 10.3 Å². The molecule has 0 saturated carbocycles. The van der Waals surface area contributed by atoms with Crippen LogP contribution in [0.1, 0.15) is 32.5 Å². The van der Waals surface area contributed by atoms with Crippen molar-refractivity contribution in [1.82, 2.24) is 10.1 Å². The van der Waals surface area contributed by atoms with Gasteiger partial charge in [0, 0.05) is 13.2 Å². The molecule has 0 bridgehead atoms. The lowest BCUT2D eigenvalue weighted by Gasteiger charge is -2.25. The molecule has 1 N–H and O–H groups in total. The van der Waals surface area contributed by atoms with Gasteiger partial charge in [0.25, 0.3) is 5.89 Å². The molecule has 108 valence electrons. The van der Waals surface area contributed by atoms with Crippen molar-refractivity contribution >= 4 is 0 Å². The van der Waals surface area contributed by atoms with Crippen LogP contribution in [0.4, 0.5) is 4.39 Å². The van der Waals surface area contributed by atoms with Crippen LogP contribution in [0.5, 0.6) is 5.75 Å². The Morgan fingerprint density at radius 3 is 2.60 bits per heavy atom. The van der Waals surface area contributed by atoms with E-state index in [0.29, 0.717) is 18.7 Å². The second kappa shape index (κ2) is 5.58. The molecule has 1 heterocycles. The van der Waals surface area contributed by atoms with Crippen LogP contribution >= 0.6 is 0 Å². The first-order valence-corrected chi connectivity index (χ1v) is 6.44. The molecule has 0 unspecified atom stereocenters. The number of benzene rings is 1. The van der Waals surface area contributed by atoms with Crippen LogP contribution in [0.2, 0.25) is 0 Å². The van der Waals surface area contributed by atoms with Gasteiger partial charge < -0.3 is 14.4 Å². The van der Waals surface area contributed by atoms with Gasteiger partial charge in [-0.25, -0.2) is 4.39 Å². The predicted octanol–water partition coefficient (Wildman–Crippen LogP) is 3.24. The second-order valence-corrected chi connectivity index (χ2v) is 4.49. The third kappa shape index (κ3) is 2.38. The smallest absolute Gasteiger partial charge is 0.261 e. The fraction of sp³-hybridized carbons (Fsp3) is 0.429. The van der Waals surface area contributed by atoms with Gasteiger partial charge in [0.15, 0.2) is 0 Å². The van der Waals surface area contributed by atoms with E-state index in [9.17, 15) is 9.50 Å². The van der Waals surface area contributed by atoms with Crippen molar-refractivity contribution in [2.75, 3.05) is 7.11 Å². The number of methoxy groups -OCH3 is 1. The normalized spacial score (nSPS) is 11.8. The molecule has 0 fully saturated rings. The zero-order valence-corrected chi connectivity index (χ0v) is 11.7. The number of hydrogen-bond acceptors (Lipinski definition) is 5. The predicted molar refractivity (Wildman–Crippen MR) is 70.6 cm³/mol. The van der Waals surface area contributed by atoms with Gasteiger partial charge in [-0.1, -0.05) is 19.0 Å². The van der Waals surface area contributed by atoms with Crippen LogP contribution in [-0.4, -0.2) is 22.4 Å². The third-order valence-electron chi connectivity index (χ3n) is 3.55. The van der Waals surface area contributed by atoms with Crippen molar-refractivity contribution in [3.8, 4) is 17.2 Å². The van der Waals surface area contributed by atoms with Crippen molar-refractivity contribution in [3.05, 3.63) is 29.8 Å². The lowest BCUT2D eigenvalue weighted by atomic mass is 9.96. The maximum Gasteiger partial charge on any atom is 0.261 e. The zero-order valence-electron chi connectivity index (χ0n) is 11.7. The van der Waals surface area contributed by atoms with E-state index in [2.05, 4.69) is 10.1 Å². The summed E-state index contributed by atoms with van der Waals surface area (Å²) in [5, 5.41) is 13.1. The van der Waals surface area contributed by atoms with E-state index in [1.807, 2.05) is 13.8 Å². The zero-order chi connectivity index (χ0) is 14.8. The summed E-state index contributed by atoms with van der Waals surface area (Å²) in [5.41, 5.74) is -0.478. The number of halogens is 1. The average molecular weight is 280 g/mol. The van der Waals surface area contributed by atoms with Crippen LogP contribution in [0.25, 0.3) is 11.5 Å². The standard InChI is InChI=1S/C14H17FN2O3/c1-4-14(5-2,19-3)13-16-12(20-17-13)10-7-6-9(18)8-11(10)15/h6-8,18H,4-5H2,1-3H3. The molecule has 6 heteroatoms. The fourth-order valence-corrected chi connectivity index (χ4v) is 2.14. The molecule has 5 nitrogen and oxygen atoms in total. The highest BCUT2D eigenvalue weighted by Gasteiger charge is 2.34. The highest BCUT2D eigenvalue weighted by Crippen LogP contribution is 2.32. The summed E-state index contributed by atoms with van der Waals surface area (Å²) in [6.45, 7) is 3.92. The third-order valence-corrected chi connectivity index (χ3v) is 3.55. The maximum atomic E-state index is 13.8. The van der Waals surface area contributed by atoms with Crippen molar-refractivity contribution in [1.29, 1.82) is 0 Å². The van der Waals surface area contributed by atoms with Crippen molar-refractivity contribution in [3.63, 3.8) is 0 Å². The fourth-order valence-electron chi connectivity index (χ4n) is 2.14. The van der Waals surface area contributed by atoms with Crippen LogP contribution in [0.15, 0.2) is 22.7 Å². The molecule has 0 radical (unpaired) electrons. The van der Waals surface area contributed by atoms with E-state index < -0.39 is 11.4 Å². The van der Waals surface area contributed by atoms with Gasteiger partial charge in [-0.3, -0.25) is 0 Å². The number of nitrogens with zero attached hydrogens (tertiary/aromatic N) is 2. The number of rotatable bonds is 5. The Kier molecular flexibility index (Phi) is 4.04. The summed E-state index contributed by atoms with van der Waals surface area (Å²) >= 11 is 0. The first-order valence-electron chi connectivity index (χ1n) is 6.44. The van der Waals surface area contributed by atoms with E-state index in [1.54, 1.807) is 7.11 Å². The van der Waals surface area contributed by atoms with Crippen molar-refractivity contribution in [2.45, 2.75) is 32.3 Å². The Hall–Kier alpha value is -1.95. The summed E-state index contributed by atoms with van der Waals surface area (Å²) < 4.78 is 24.4. The first kappa shape index (κ1) is 14.5. The minimum atomic E-state index is -0.630. The number of aromatic hydroxyl groups is 1. The SMILES string of the molecule is CCC(CC)(OC)c1noc(-c2ccc(O)cc2F)n1. The van der Waals surface area contributed by atoms with Crippen LogP contribution in [0, 0.1) is 5.82 Å². The molecule has 0 aliphatic rings. The summed E-state index contributed by atoms with van der Waals surface area (Å²) in [7, 11) is 1.59. The largest absolute Gasteiger partial charge is 0.508 e. The van der Waals surface area contributed by atoms with Gasteiger partial charge >= 0.3 is 0 Å². The first-order chi connectivity index (χ1) is 9.56. The summed E-state index contributed by atoms with van der Waals surface area (Å²) in [4.78, 5) is 4.23. The van der Waals surface area contributed by atoms with E-state index in [-0.39, 0.29) is 17.2 Å². The molecule has 0 saturated heterocycles. The molecule has 2 rings (SSSR count). The minimum Gasteiger partial charge on any atom is -0.508 e. The van der Waals surface area contributed by atoms with Gasteiger partial charge in [0.2, 0.25) is 5.82 Å². The van der Waals surface area contributed by atoms with Crippen LogP contribution < -0.4 is 0 Å². The number of aromatic nitrogens is 2. The van der Waals surface area contributed by atoms with Crippen molar-refractivity contribution < 1.29 is 18.8 Å². The quantitative estimate of drug-likeness (QED) is 0.910. The maximum absolute atomic E-state index is 13.8. The molecular formula is C14H17FN2O3. The Labute approximate surface area is 116 Å².